The van der Waals surface area contributed by atoms with E-state index < -0.39 is 0 Å². The number of fused-ring (bicyclic) bond motifs is 3. The second-order valence-electron chi connectivity index (χ2n) is 15.6. The fraction of sp³-hybridized carbons (Fsp3) is 0.263. The minimum atomic E-state index is 0.0414. The molecule has 0 amide bonds. The Bertz CT molecular complexity index is 2280. The summed E-state index contributed by atoms with van der Waals surface area (Å²) < 4.78 is 0. The second kappa shape index (κ2) is 23.3. The van der Waals surface area contributed by atoms with Gasteiger partial charge in [0.15, 0.2) is 0 Å². The monoisotopic (exact) mass is 782 g/mol. The summed E-state index contributed by atoms with van der Waals surface area (Å²) in [5.41, 5.74) is 19.9. The highest BCUT2D eigenvalue weighted by atomic mass is 31.0. The summed E-state index contributed by atoms with van der Waals surface area (Å²) >= 11 is 0. The molecule has 1 atom stereocenters. The van der Waals surface area contributed by atoms with Crippen molar-refractivity contribution in [2.45, 2.75) is 101 Å². The van der Waals surface area contributed by atoms with E-state index in [4.69, 9.17) is 6.42 Å². The zero-order valence-corrected chi connectivity index (χ0v) is 38.4. The van der Waals surface area contributed by atoms with Gasteiger partial charge < -0.3 is 0 Å². The van der Waals surface area contributed by atoms with E-state index >= 15 is 0 Å². The van der Waals surface area contributed by atoms with Gasteiger partial charge in [0.1, 0.15) is 0 Å². The average Bonchev–Trinajstić information content (AvgIpc) is 3.45. The number of benzene rings is 4. The van der Waals surface area contributed by atoms with Crippen LogP contribution < -0.4 is 0 Å². The highest BCUT2D eigenvalue weighted by Gasteiger charge is 2.35. The van der Waals surface area contributed by atoms with Gasteiger partial charge in [-0.15, -0.1) is 21.6 Å². The molecule has 4 aromatic carbocycles. The molecule has 1 unspecified atom stereocenters. The molecule has 0 aliphatic heterocycles. The molecule has 0 heterocycles. The van der Waals surface area contributed by atoms with Crippen molar-refractivity contribution >= 4 is 14.8 Å². The van der Waals surface area contributed by atoms with Crippen LogP contribution in [-0.2, 0) is 18.3 Å². The molecule has 0 radical (unpaired) electrons. The van der Waals surface area contributed by atoms with Crippen LogP contribution in [-0.4, -0.2) is 0 Å². The summed E-state index contributed by atoms with van der Waals surface area (Å²) in [6, 6.07) is 33.6. The first-order valence-electron chi connectivity index (χ1n) is 20.7. The predicted molar refractivity (Wildman–Crippen MR) is 263 cm³/mol. The molecule has 0 saturated carbocycles. The molecule has 1 heteroatoms. The van der Waals surface area contributed by atoms with Crippen molar-refractivity contribution in [2.24, 2.45) is 0 Å². The van der Waals surface area contributed by atoms with Gasteiger partial charge >= 0.3 is 0 Å². The maximum Gasteiger partial charge on any atom is 0.0272 e. The molecule has 0 saturated heterocycles. The highest BCUT2D eigenvalue weighted by Crippen LogP contribution is 2.48. The molecule has 0 N–H and O–H groups in total. The largest absolute Gasteiger partial charge is 0.120 e. The lowest BCUT2D eigenvalue weighted by molar-refractivity contribution is 0.659. The number of hydrogen-bond donors (Lipinski definition) is 0. The third-order valence-electron chi connectivity index (χ3n) is 10.6. The van der Waals surface area contributed by atoms with Gasteiger partial charge in [0.2, 0.25) is 0 Å². The summed E-state index contributed by atoms with van der Waals surface area (Å²) in [6.07, 6.45) is 24.9. The predicted octanol–water partition coefficient (Wildman–Crippen LogP) is 16.3. The Balaban J connectivity index is 0.000000381. The van der Waals surface area contributed by atoms with Gasteiger partial charge in [-0.1, -0.05) is 179 Å². The van der Waals surface area contributed by atoms with E-state index in [1.54, 1.807) is 6.08 Å². The van der Waals surface area contributed by atoms with Crippen LogP contribution in [0.1, 0.15) is 115 Å². The minimum absolute atomic E-state index is 0.0414. The number of hydrogen-bond acceptors (Lipinski definition) is 0. The fourth-order valence-electron chi connectivity index (χ4n) is 6.95. The van der Waals surface area contributed by atoms with Crippen LogP contribution in [0.5, 0.6) is 0 Å². The summed E-state index contributed by atoms with van der Waals surface area (Å²) in [7, 11) is 2.73. The van der Waals surface area contributed by atoms with Crippen LogP contribution in [0.4, 0.5) is 0 Å². The van der Waals surface area contributed by atoms with Crippen LogP contribution in [0.2, 0.25) is 0 Å². The molecule has 1 aliphatic rings. The Morgan fingerprint density at radius 1 is 0.655 bits per heavy atom. The highest BCUT2D eigenvalue weighted by molar-refractivity contribution is 7.23. The quantitative estimate of drug-likeness (QED) is 0.0763. The average molecular weight is 783 g/mol. The molecule has 0 nitrogen and oxygen atoms in total. The van der Waals surface area contributed by atoms with E-state index in [1.165, 1.54) is 88.8 Å². The van der Waals surface area contributed by atoms with Crippen LogP contribution >= 0.6 is 9.24 Å². The van der Waals surface area contributed by atoms with Gasteiger partial charge in [0, 0.05) is 11.8 Å². The molecular formula is C57H67P. The summed E-state index contributed by atoms with van der Waals surface area (Å²) in [5.74, 6) is 2.74. The van der Waals surface area contributed by atoms with Gasteiger partial charge in [-0.25, -0.2) is 0 Å². The number of terminal acetylenes is 1. The van der Waals surface area contributed by atoms with Crippen molar-refractivity contribution in [1.82, 2.24) is 0 Å². The Hall–Kier alpha value is -5.21. The smallest absolute Gasteiger partial charge is 0.0272 e. The van der Waals surface area contributed by atoms with Gasteiger partial charge in [-0.3, -0.25) is 0 Å². The standard InChI is InChI=1S/C38H36.C17H25P.C2H6/c1-6-7-12-27(2)33(32-14-9-8-13-28(32)3)23-21-29-17-19-30(20-18-29)25-31-22-24-35-34-15-10-11-16-36(34)38(4,5)37(35)26-31;1-7-8-17(18)16(6)12-11-15(5)14(4)10-9-13(2)3;1-2/h1,8-20,22-24,26H,7,21,25H2,2-5H3;7-12H,1,18H2,2-6H3;1-2H3/b27-12-,33-23+;14-10+,15-11+,16-12+,17-8-;. The van der Waals surface area contributed by atoms with E-state index in [9.17, 15) is 0 Å². The van der Waals surface area contributed by atoms with E-state index in [-0.39, 0.29) is 5.41 Å². The number of rotatable bonds is 12. The topological polar surface area (TPSA) is 0 Å². The first kappa shape index (κ1) is 47.2. The Morgan fingerprint density at radius 3 is 1.86 bits per heavy atom. The van der Waals surface area contributed by atoms with Crippen LogP contribution in [0, 0.1) is 19.3 Å². The molecule has 0 bridgehead atoms. The Morgan fingerprint density at radius 2 is 1.22 bits per heavy atom. The SMILES string of the molecule is C#CC/C=C(C)\C(=C/Cc1ccc(Cc2ccc3c(c2)C(C)(C)c2ccccc2-3)cc1)c1ccccc1C.C=C/C=C(P)/C(C)=C/C=C(C)/C(C)=C/C=C(C)C.CC. The maximum absolute atomic E-state index is 5.53. The van der Waals surface area contributed by atoms with Crippen molar-refractivity contribution in [1.29, 1.82) is 0 Å². The van der Waals surface area contributed by atoms with Crippen LogP contribution in [0.3, 0.4) is 0 Å². The molecule has 300 valence electrons. The van der Waals surface area contributed by atoms with Gasteiger partial charge in [-0.2, -0.15) is 0 Å². The normalized spacial score (nSPS) is 13.8. The van der Waals surface area contributed by atoms with E-state index in [0.717, 1.165) is 12.8 Å². The van der Waals surface area contributed by atoms with Crippen molar-refractivity contribution in [2.75, 3.05) is 0 Å². The van der Waals surface area contributed by atoms with E-state index in [1.807, 2.05) is 19.9 Å². The van der Waals surface area contributed by atoms with Crippen molar-refractivity contribution in [3.05, 3.63) is 218 Å². The van der Waals surface area contributed by atoms with Crippen molar-refractivity contribution in [3.8, 4) is 23.5 Å². The van der Waals surface area contributed by atoms with Crippen LogP contribution in [0.15, 0.2) is 179 Å². The van der Waals surface area contributed by atoms with Crippen molar-refractivity contribution in [3.63, 3.8) is 0 Å². The zero-order chi connectivity index (χ0) is 42.8. The Labute approximate surface area is 355 Å². The first-order valence-corrected chi connectivity index (χ1v) is 21.3. The molecule has 1 aliphatic carbocycles. The fourth-order valence-corrected chi connectivity index (χ4v) is 7.18. The molecule has 0 spiro atoms. The van der Waals surface area contributed by atoms with Gasteiger partial charge in [0.05, 0.1) is 0 Å². The Kier molecular flexibility index (Phi) is 18.9. The number of aryl methyl sites for hydroxylation is 1. The molecular weight excluding hydrogens is 716 g/mol. The van der Waals surface area contributed by atoms with E-state index in [0.29, 0.717) is 6.42 Å². The maximum atomic E-state index is 5.53. The number of allylic oxidation sites excluding steroid dienone is 15. The minimum Gasteiger partial charge on any atom is -0.120 e. The molecule has 58 heavy (non-hydrogen) atoms. The van der Waals surface area contributed by atoms with Crippen LogP contribution in [0.25, 0.3) is 16.7 Å². The summed E-state index contributed by atoms with van der Waals surface area (Å²) in [5, 5.41) is 1.17. The third-order valence-corrected chi connectivity index (χ3v) is 11.3. The summed E-state index contributed by atoms with van der Waals surface area (Å²) in [4.78, 5) is 0. The third kappa shape index (κ3) is 13.2. The van der Waals surface area contributed by atoms with E-state index in [2.05, 4.69) is 212 Å². The first-order chi connectivity index (χ1) is 27.8. The molecule has 5 rings (SSSR count). The van der Waals surface area contributed by atoms with Gasteiger partial charge in [0.25, 0.3) is 0 Å². The second-order valence-corrected chi connectivity index (χ2v) is 16.2. The zero-order valence-electron chi connectivity index (χ0n) is 37.3. The molecule has 0 fully saturated rings. The van der Waals surface area contributed by atoms with Crippen molar-refractivity contribution < 1.29 is 0 Å². The molecule has 4 aromatic rings. The van der Waals surface area contributed by atoms with Gasteiger partial charge in [-0.05, 0) is 145 Å². The summed E-state index contributed by atoms with van der Waals surface area (Å²) in [6.45, 7) is 27.3. The lowest BCUT2D eigenvalue weighted by atomic mass is 9.81. The lowest BCUT2D eigenvalue weighted by Crippen LogP contribution is -2.15. The molecule has 0 aromatic heterocycles. The lowest BCUT2D eigenvalue weighted by Gasteiger charge is -2.22.